The molecule has 1 aromatic carbocycles. The van der Waals surface area contributed by atoms with Crippen LogP contribution >= 0.6 is 11.8 Å². The SMILES string of the molecule is CCCCSC(=O)C(CC)c1ccccc1. The highest BCUT2D eigenvalue weighted by Crippen LogP contribution is 2.26. The maximum absolute atomic E-state index is 12.0. The third kappa shape index (κ3) is 4.01. The van der Waals surface area contributed by atoms with E-state index in [4.69, 9.17) is 0 Å². The highest BCUT2D eigenvalue weighted by Gasteiger charge is 2.18. The Bertz CT molecular complexity index is 308. The maximum Gasteiger partial charge on any atom is 0.196 e. The third-order valence-electron chi connectivity index (χ3n) is 2.64. The molecule has 0 N–H and O–H groups in total. The van der Waals surface area contributed by atoms with E-state index in [2.05, 4.69) is 13.8 Å². The van der Waals surface area contributed by atoms with Crippen LogP contribution in [0.1, 0.15) is 44.6 Å². The van der Waals surface area contributed by atoms with Crippen LogP contribution in [0.4, 0.5) is 0 Å². The first-order valence-corrected chi connectivity index (χ1v) is 6.99. The van der Waals surface area contributed by atoms with Gasteiger partial charge in [0.1, 0.15) is 0 Å². The van der Waals surface area contributed by atoms with Crippen LogP contribution in [0.2, 0.25) is 0 Å². The predicted molar refractivity (Wildman–Crippen MR) is 71.8 cm³/mol. The van der Waals surface area contributed by atoms with Gasteiger partial charge in [0, 0.05) is 5.75 Å². The van der Waals surface area contributed by atoms with Crippen molar-refractivity contribution in [2.75, 3.05) is 5.75 Å². The van der Waals surface area contributed by atoms with Gasteiger partial charge in [-0.1, -0.05) is 62.4 Å². The smallest absolute Gasteiger partial charge is 0.196 e. The topological polar surface area (TPSA) is 17.1 Å². The van der Waals surface area contributed by atoms with Crippen molar-refractivity contribution in [3.8, 4) is 0 Å². The average Bonchev–Trinajstić information content (AvgIpc) is 2.32. The van der Waals surface area contributed by atoms with Crippen molar-refractivity contribution in [2.24, 2.45) is 0 Å². The molecule has 0 saturated heterocycles. The summed E-state index contributed by atoms with van der Waals surface area (Å²) in [5.41, 5.74) is 1.15. The first-order chi connectivity index (χ1) is 7.79. The molecule has 0 amide bonds. The fourth-order valence-electron chi connectivity index (χ4n) is 1.64. The minimum absolute atomic E-state index is 0.0723. The molecule has 88 valence electrons. The van der Waals surface area contributed by atoms with Crippen molar-refractivity contribution >= 4 is 16.9 Å². The van der Waals surface area contributed by atoms with E-state index in [-0.39, 0.29) is 5.92 Å². The summed E-state index contributed by atoms with van der Waals surface area (Å²) < 4.78 is 0. The van der Waals surface area contributed by atoms with Gasteiger partial charge >= 0.3 is 0 Å². The highest BCUT2D eigenvalue weighted by atomic mass is 32.2. The minimum atomic E-state index is 0.0723. The Kier molecular flexibility index (Phi) is 6.24. The molecule has 16 heavy (non-hydrogen) atoms. The van der Waals surface area contributed by atoms with Crippen molar-refractivity contribution in [3.63, 3.8) is 0 Å². The molecule has 0 aliphatic carbocycles. The highest BCUT2D eigenvalue weighted by molar-refractivity contribution is 8.13. The fourth-order valence-corrected chi connectivity index (χ4v) is 2.78. The number of benzene rings is 1. The Labute approximate surface area is 103 Å². The number of hydrogen-bond donors (Lipinski definition) is 0. The zero-order valence-electron chi connectivity index (χ0n) is 10.1. The number of carbonyl (C=O) groups is 1. The van der Waals surface area contributed by atoms with Crippen LogP contribution in [0.15, 0.2) is 30.3 Å². The molecule has 1 aromatic rings. The Balaban J connectivity index is 2.57. The summed E-state index contributed by atoms with van der Waals surface area (Å²) in [6.45, 7) is 4.23. The van der Waals surface area contributed by atoms with Crippen LogP contribution < -0.4 is 0 Å². The van der Waals surface area contributed by atoms with Crippen LogP contribution in [0.3, 0.4) is 0 Å². The molecule has 1 unspecified atom stereocenters. The van der Waals surface area contributed by atoms with Crippen molar-refractivity contribution in [1.82, 2.24) is 0 Å². The number of rotatable bonds is 6. The molecule has 0 bridgehead atoms. The zero-order chi connectivity index (χ0) is 11.8. The average molecular weight is 236 g/mol. The molecule has 0 saturated carbocycles. The molecule has 0 spiro atoms. The standard InChI is InChI=1S/C14H20OS/c1-3-5-11-16-14(15)13(4-2)12-9-7-6-8-10-12/h6-10,13H,3-5,11H2,1-2H3. The van der Waals surface area contributed by atoms with E-state index in [9.17, 15) is 4.79 Å². The van der Waals surface area contributed by atoms with Gasteiger partial charge in [0.05, 0.1) is 5.92 Å². The molecule has 0 aromatic heterocycles. The Morgan fingerprint density at radius 2 is 1.94 bits per heavy atom. The third-order valence-corrected chi connectivity index (χ3v) is 3.70. The monoisotopic (exact) mass is 236 g/mol. The zero-order valence-corrected chi connectivity index (χ0v) is 10.9. The quantitative estimate of drug-likeness (QED) is 0.687. The van der Waals surface area contributed by atoms with E-state index >= 15 is 0 Å². The minimum Gasteiger partial charge on any atom is -0.287 e. The summed E-state index contributed by atoms with van der Waals surface area (Å²) in [4.78, 5) is 12.0. The summed E-state index contributed by atoms with van der Waals surface area (Å²) >= 11 is 1.49. The second kappa shape index (κ2) is 7.50. The largest absolute Gasteiger partial charge is 0.287 e. The Morgan fingerprint density at radius 3 is 2.50 bits per heavy atom. The lowest BCUT2D eigenvalue weighted by atomic mass is 9.98. The van der Waals surface area contributed by atoms with Crippen LogP contribution in [-0.2, 0) is 4.79 Å². The van der Waals surface area contributed by atoms with Gasteiger partial charge in [-0.25, -0.2) is 0 Å². The summed E-state index contributed by atoms with van der Waals surface area (Å²) in [7, 11) is 0. The van der Waals surface area contributed by atoms with Gasteiger partial charge in [0.2, 0.25) is 0 Å². The lowest BCUT2D eigenvalue weighted by Gasteiger charge is -2.13. The van der Waals surface area contributed by atoms with Crippen molar-refractivity contribution in [1.29, 1.82) is 0 Å². The van der Waals surface area contributed by atoms with E-state index in [0.717, 1.165) is 30.6 Å². The molecule has 0 fully saturated rings. The molecule has 0 radical (unpaired) electrons. The molecule has 1 atom stereocenters. The van der Waals surface area contributed by atoms with E-state index < -0.39 is 0 Å². The summed E-state index contributed by atoms with van der Waals surface area (Å²) in [5.74, 6) is 1.03. The summed E-state index contributed by atoms with van der Waals surface area (Å²) in [6, 6.07) is 10.1. The second-order valence-corrected chi connectivity index (χ2v) is 4.99. The summed E-state index contributed by atoms with van der Waals surface area (Å²) in [5, 5.41) is 0.321. The molecule has 1 nitrogen and oxygen atoms in total. The molecule has 0 heterocycles. The number of thioether (sulfide) groups is 1. The van der Waals surface area contributed by atoms with Gasteiger partial charge in [-0.05, 0) is 18.4 Å². The molecule has 0 aliphatic rings. The van der Waals surface area contributed by atoms with Crippen LogP contribution in [0.5, 0.6) is 0 Å². The van der Waals surface area contributed by atoms with Crippen molar-refractivity contribution < 1.29 is 4.79 Å². The van der Waals surface area contributed by atoms with Gasteiger partial charge in [-0.2, -0.15) is 0 Å². The number of unbranched alkanes of at least 4 members (excludes halogenated alkanes) is 1. The normalized spacial score (nSPS) is 12.4. The van der Waals surface area contributed by atoms with Crippen LogP contribution in [0.25, 0.3) is 0 Å². The molecule has 2 heteroatoms. The molecular formula is C14H20OS. The fraction of sp³-hybridized carbons (Fsp3) is 0.500. The van der Waals surface area contributed by atoms with Gasteiger partial charge in [-0.15, -0.1) is 0 Å². The van der Waals surface area contributed by atoms with Crippen LogP contribution in [-0.4, -0.2) is 10.9 Å². The second-order valence-electron chi connectivity index (χ2n) is 3.89. The van der Waals surface area contributed by atoms with Gasteiger partial charge < -0.3 is 0 Å². The van der Waals surface area contributed by atoms with E-state index in [0.29, 0.717) is 5.12 Å². The Hall–Kier alpha value is -0.760. The lowest BCUT2D eigenvalue weighted by molar-refractivity contribution is -0.112. The van der Waals surface area contributed by atoms with Crippen molar-refractivity contribution in [3.05, 3.63) is 35.9 Å². The first kappa shape index (κ1) is 13.3. The maximum atomic E-state index is 12.0. The first-order valence-electron chi connectivity index (χ1n) is 6.01. The van der Waals surface area contributed by atoms with Gasteiger partial charge in [-0.3, -0.25) is 4.79 Å². The predicted octanol–water partition coefficient (Wildman–Crippen LogP) is 4.24. The molecule has 0 aliphatic heterocycles. The van der Waals surface area contributed by atoms with E-state index in [1.54, 1.807) is 0 Å². The van der Waals surface area contributed by atoms with Gasteiger partial charge in [0.25, 0.3) is 0 Å². The van der Waals surface area contributed by atoms with E-state index in [1.165, 1.54) is 11.8 Å². The van der Waals surface area contributed by atoms with Crippen LogP contribution in [0, 0.1) is 0 Å². The summed E-state index contributed by atoms with van der Waals surface area (Å²) in [6.07, 6.45) is 3.17. The lowest BCUT2D eigenvalue weighted by Crippen LogP contribution is -2.08. The number of hydrogen-bond acceptors (Lipinski definition) is 2. The Morgan fingerprint density at radius 1 is 1.25 bits per heavy atom. The molecular weight excluding hydrogens is 216 g/mol. The van der Waals surface area contributed by atoms with E-state index in [1.807, 2.05) is 30.3 Å². The van der Waals surface area contributed by atoms with Gasteiger partial charge in [0.15, 0.2) is 5.12 Å². The number of carbonyl (C=O) groups excluding carboxylic acids is 1. The molecule has 1 rings (SSSR count). The van der Waals surface area contributed by atoms with Crippen molar-refractivity contribution in [2.45, 2.75) is 39.0 Å².